The molecule has 0 atom stereocenters. The Hall–Kier alpha value is -1.68. The maximum absolute atomic E-state index is 4.54. The van der Waals surface area contributed by atoms with Gasteiger partial charge >= 0.3 is 0 Å². The molecular formula is C15H20N4. The van der Waals surface area contributed by atoms with E-state index in [1.807, 2.05) is 18.6 Å². The summed E-state index contributed by atoms with van der Waals surface area (Å²) in [5.74, 6) is 1.11. The first-order chi connectivity index (χ1) is 9.35. The Balaban J connectivity index is 1.61. The van der Waals surface area contributed by atoms with Gasteiger partial charge in [0.25, 0.3) is 0 Å². The summed E-state index contributed by atoms with van der Waals surface area (Å²) in [5, 5.41) is 3.50. The van der Waals surface area contributed by atoms with E-state index in [2.05, 4.69) is 38.9 Å². The number of aromatic nitrogens is 3. The molecule has 1 aliphatic carbocycles. The van der Waals surface area contributed by atoms with Crippen molar-refractivity contribution in [3.05, 3.63) is 47.8 Å². The van der Waals surface area contributed by atoms with Crippen LogP contribution in [0.15, 0.2) is 30.7 Å². The van der Waals surface area contributed by atoms with E-state index < -0.39 is 0 Å². The molecule has 0 unspecified atom stereocenters. The van der Waals surface area contributed by atoms with Crippen LogP contribution in [0.25, 0.3) is 0 Å². The molecule has 2 aromatic heterocycles. The van der Waals surface area contributed by atoms with Crippen molar-refractivity contribution < 1.29 is 0 Å². The Morgan fingerprint density at radius 1 is 1.32 bits per heavy atom. The van der Waals surface area contributed by atoms with Gasteiger partial charge in [-0.15, -0.1) is 0 Å². The predicted molar refractivity (Wildman–Crippen MR) is 74.8 cm³/mol. The molecule has 0 bridgehead atoms. The van der Waals surface area contributed by atoms with E-state index >= 15 is 0 Å². The summed E-state index contributed by atoms with van der Waals surface area (Å²) in [7, 11) is 0. The highest BCUT2D eigenvalue weighted by molar-refractivity contribution is 5.15. The van der Waals surface area contributed by atoms with Crippen LogP contribution >= 0.6 is 0 Å². The largest absolute Gasteiger partial charge is 0.329 e. The van der Waals surface area contributed by atoms with E-state index in [-0.39, 0.29) is 0 Å². The van der Waals surface area contributed by atoms with E-state index in [1.165, 1.54) is 18.4 Å². The van der Waals surface area contributed by atoms with Crippen molar-refractivity contribution >= 4 is 0 Å². The molecule has 1 N–H and O–H groups in total. The summed E-state index contributed by atoms with van der Waals surface area (Å²) in [5.41, 5.74) is 2.35. The molecule has 1 saturated carbocycles. The van der Waals surface area contributed by atoms with E-state index in [4.69, 9.17) is 0 Å². The number of rotatable bonds is 6. The van der Waals surface area contributed by atoms with Crippen LogP contribution in [0.2, 0.25) is 0 Å². The van der Waals surface area contributed by atoms with Crippen LogP contribution in [0.4, 0.5) is 0 Å². The minimum atomic E-state index is 0.748. The summed E-state index contributed by atoms with van der Waals surface area (Å²) >= 11 is 0. The van der Waals surface area contributed by atoms with Gasteiger partial charge in [-0.2, -0.15) is 0 Å². The van der Waals surface area contributed by atoms with Crippen LogP contribution in [0.3, 0.4) is 0 Å². The van der Waals surface area contributed by atoms with Gasteiger partial charge in [0.1, 0.15) is 5.82 Å². The lowest BCUT2D eigenvalue weighted by Crippen LogP contribution is -2.15. The molecule has 2 aromatic rings. The molecule has 0 saturated heterocycles. The summed E-state index contributed by atoms with van der Waals surface area (Å²) < 4.78 is 2.16. The first-order valence-corrected chi connectivity index (χ1v) is 7.02. The molecule has 4 nitrogen and oxygen atoms in total. The SMILES string of the molecule is CCc1nccn1Cc1ccc(CNC2CC2)cn1. The van der Waals surface area contributed by atoms with E-state index in [0.717, 1.165) is 37.1 Å². The van der Waals surface area contributed by atoms with Gasteiger partial charge in [0.15, 0.2) is 0 Å². The van der Waals surface area contributed by atoms with Gasteiger partial charge in [0.2, 0.25) is 0 Å². The zero-order valence-electron chi connectivity index (χ0n) is 11.3. The van der Waals surface area contributed by atoms with Crippen molar-refractivity contribution in [2.45, 2.75) is 45.3 Å². The molecule has 19 heavy (non-hydrogen) atoms. The highest BCUT2D eigenvalue weighted by Crippen LogP contribution is 2.19. The van der Waals surface area contributed by atoms with Crippen LogP contribution in [0.1, 0.15) is 36.8 Å². The average molecular weight is 256 g/mol. The monoisotopic (exact) mass is 256 g/mol. The van der Waals surface area contributed by atoms with Crippen molar-refractivity contribution in [3.8, 4) is 0 Å². The zero-order chi connectivity index (χ0) is 13.1. The molecule has 1 aliphatic rings. The Labute approximate surface area is 113 Å². The number of imidazole rings is 1. The second-order valence-corrected chi connectivity index (χ2v) is 5.14. The first kappa shape index (κ1) is 12.4. The molecule has 100 valence electrons. The van der Waals surface area contributed by atoms with E-state index in [0.29, 0.717) is 0 Å². The minimum absolute atomic E-state index is 0.748. The highest BCUT2D eigenvalue weighted by Gasteiger charge is 2.19. The third-order valence-electron chi connectivity index (χ3n) is 3.51. The standard InChI is InChI=1S/C15H20N4/c1-2-15-16-7-8-19(15)11-14-4-3-12(10-18-14)9-17-13-5-6-13/h3-4,7-8,10,13,17H,2,5-6,9,11H2,1H3. The fourth-order valence-electron chi connectivity index (χ4n) is 2.18. The number of aryl methyl sites for hydroxylation is 1. The molecule has 0 aromatic carbocycles. The van der Waals surface area contributed by atoms with Crippen molar-refractivity contribution in [1.29, 1.82) is 0 Å². The molecule has 3 rings (SSSR count). The molecule has 4 heteroatoms. The van der Waals surface area contributed by atoms with Crippen molar-refractivity contribution in [2.24, 2.45) is 0 Å². The predicted octanol–water partition coefficient (Wildman–Crippen LogP) is 2.14. The highest BCUT2D eigenvalue weighted by atomic mass is 15.1. The summed E-state index contributed by atoms with van der Waals surface area (Å²) in [6, 6.07) is 5.03. The van der Waals surface area contributed by atoms with Gasteiger partial charge in [-0.1, -0.05) is 13.0 Å². The van der Waals surface area contributed by atoms with Crippen LogP contribution in [0.5, 0.6) is 0 Å². The number of nitrogens with zero attached hydrogens (tertiary/aromatic N) is 3. The summed E-state index contributed by atoms with van der Waals surface area (Å²) in [6.45, 7) is 3.86. The Kier molecular flexibility index (Phi) is 3.60. The molecule has 1 fully saturated rings. The number of hydrogen-bond donors (Lipinski definition) is 1. The van der Waals surface area contributed by atoms with Crippen molar-refractivity contribution in [1.82, 2.24) is 19.9 Å². The van der Waals surface area contributed by atoms with Gasteiger partial charge in [0, 0.05) is 37.6 Å². The van der Waals surface area contributed by atoms with E-state index in [9.17, 15) is 0 Å². The lowest BCUT2D eigenvalue weighted by molar-refractivity contribution is 0.681. The Bertz CT molecular complexity index is 525. The summed E-state index contributed by atoms with van der Waals surface area (Å²) in [4.78, 5) is 8.87. The normalized spacial score (nSPS) is 14.8. The number of pyridine rings is 1. The average Bonchev–Trinajstić information content (AvgIpc) is 3.17. The van der Waals surface area contributed by atoms with Gasteiger partial charge < -0.3 is 9.88 Å². The quantitative estimate of drug-likeness (QED) is 0.861. The smallest absolute Gasteiger partial charge is 0.108 e. The number of hydrogen-bond acceptors (Lipinski definition) is 3. The second-order valence-electron chi connectivity index (χ2n) is 5.14. The Morgan fingerprint density at radius 3 is 2.89 bits per heavy atom. The molecule has 0 aliphatic heterocycles. The molecule has 2 heterocycles. The molecule has 0 spiro atoms. The Morgan fingerprint density at radius 2 is 2.21 bits per heavy atom. The van der Waals surface area contributed by atoms with Gasteiger partial charge in [-0.05, 0) is 24.5 Å². The first-order valence-electron chi connectivity index (χ1n) is 7.02. The molecule has 0 amide bonds. The lowest BCUT2D eigenvalue weighted by atomic mass is 10.2. The lowest BCUT2D eigenvalue weighted by Gasteiger charge is -2.07. The van der Waals surface area contributed by atoms with Gasteiger partial charge in [-0.3, -0.25) is 4.98 Å². The van der Waals surface area contributed by atoms with Crippen LogP contribution < -0.4 is 5.32 Å². The molecule has 0 radical (unpaired) electrons. The second kappa shape index (κ2) is 5.53. The third-order valence-corrected chi connectivity index (χ3v) is 3.51. The summed E-state index contributed by atoms with van der Waals surface area (Å²) in [6.07, 6.45) is 9.46. The fourth-order valence-corrected chi connectivity index (χ4v) is 2.18. The van der Waals surface area contributed by atoms with Crippen molar-refractivity contribution in [3.63, 3.8) is 0 Å². The molecular weight excluding hydrogens is 236 g/mol. The van der Waals surface area contributed by atoms with Crippen LogP contribution in [-0.2, 0) is 19.5 Å². The maximum Gasteiger partial charge on any atom is 0.108 e. The fraction of sp³-hybridized carbons (Fsp3) is 0.467. The number of nitrogens with one attached hydrogen (secondary N) is 1. The zero-order valence-corrected chi connectivity index (χ0v) is 11.3. The van der Waals surface area contributed by atoms with E-state index in [1.54, 1.807) is 0 Å². The van der Waals surface area contributed by atoms with Gasteiger partial charge in [0.05, 0.1) is 12.2 Å². The van der Waals surface area contributed by atoms with Crippen LogP contribution in [0, 0.1) is 0 Å². The van der Waals surface area contributed by atoms with Gasteiger partial charge in [-0.25, -0.2) is 4.98 Å². The third kappa shape index (κ3) is 3.20. The maximum atomic E-state index is 4.54. The van der Waals surface area contributed by atoms with Crippen molar-refractivity contribution in [2.75, 3.05) is 0 Å². The minimum Gasteiger partial charge on any atom is -0.329 e. The van der Waals surface area contributed by atoms with Crippen LogP contribution in [-0.4, -0.2) is 20.6 Å². The topological polar surface area (TPSA) is 42.7 Å².